The van der Waals surface area contributed by atoms with E-state index < -0.39 is 0 Å². The van der Waals surface area contributed by atoms with Gasteiger partial charge in [-0.05, 0) is 68.7 Å². The predicted octanol–water partition coefficient (Wildman–Crippen LogP) is 4.58. The van der Waals surface area contributed by atoms with E-state index in [1.54, 1.807) is 12.3 Å². The normalized spacial score (nSPS) is 12.3. The Hall–Kier alpha value is -3.65. The van der Waals surface area contributed by atoms with Crippen LogP contribution in [-0.2, 0) is 4.79 Å². The van der Waals surface area contributed by atoms with Crippen LogP contribution in [0.15, 0.2) is 60.3 Å². The molecular weight excluding hydrogens is 360 g/mol. The molecule has 3 aromatic rings. The maximum atomic E-state index is 12.7. The van der Waals surface area contributed by atoms with Gasteiger partial charge in [-0.15, -0.1) is 0 Å². The summed E-state index contributed by atoms with van der Waals surface area (Å²) in [6, 6.07) is 17.4. The number of amides is 1. The second-order valence-corrected chi connectivity index (χ2v) is 7.13. The summed E-state index contributed by atoms with van der Waals surface area (Å²) in [7, 11) is 0. The molecule has 2 aromatic heterocycles. The highest BCUT2D eigenvalue weighted by Gasteiger charge is 2.16. The molecule has 0 aliphatic rings. The van der Waals surface area contributed by atoms with E-state index in [2.05, 4.69) is 10.3 Å². The minimum Gasteiger partial charge on any atom is -0.345 e. The largest absolute Gasteiger partial charge is 0.345 e. The number of benzene rings is 1. The van der Waals surface area contributed by atoms with E-state index in [1.807, 2.05) is 86.9 Å². The van der Waals surface area contributed by atoms with E-state index in [-0.39, 0.29) is 17.5 Å². The zero-order valence-corrected chi connectivity index (χ0v) is 17.1. The van der Waals surface area contributed by atoms with Gasteiger partial charge in [0.15, 0.2) is 0 Å². The van der Waals surface area contributed by atoms with E-state index >= 15 is 0 Å². The minimum atomic E-state index is -0.387. The molecule has 0 bridgehead atoms. The highest BCUT2D eigenvalue weighted by Crippen LogP contribution is 2.22. The van der Waals surface area contributed by atoms with Crippen molar-refractivity contribution in [3.63, 3.8) is 0 Å². The van der Waals surface area contributed by atoms with Crippen molar-refractivity contribution in [2.45, 2.75) is 33.7 Å². The number of carbonyl (C=O) groups is 1. The molecule has 146 valence electrons. The number of aromatic nitrogens is 2. The predicted molar refractivity (Wildman–Crippen MR) is 114 cm³/mol. The standard InChI is InChI=1S/C24H24N4O/c1-16-10-11-26-23(12-16)28-17(2)13-21(19(28)4)14-22(15-25)24(29)27-18(3)20-8-6-5-7-9-20/h5-14,18H,1-4H3,(H,27,29)/b22-14-/t18-/m1/s1. The molecule has 0 saturated heterocycles. The summed E-state index contributed by atoms with van der Waals surface area (Å²) in [5.74, 6) is 0.433. The van der Waals surface area contributed by atoms with Gasteiger partial charge >= 0.3 is 0 Å². The van der Waals surface area contributed by atoms with Crippen LogP contribution in [0.5, 0.6) is 0 Å². The van der Waals surface area contributed by atoms with Gasteiger partial charge in [0, 0.05) is 17.6 Å². The Kier molecular flexibility index (Phi) is 5.94. The number of rotatable bonds is 5. The molecule has 1 amide bonds. The second-order valence-electron chi connectivity index (χ2n) is 7.13. The van der Waals surface area contributed by atoms with Crippen LogP contribution in [0.3, 0.4) is 0 Å². The van der Waals surface area contributed by atoms with Gasteiger partial charge in [-0.2, -0.15) is 5.26 Å². The Morgan fingerprint density at radius 3 is 2.55 bits per heavy atom. The van der Waals surface area contributed by atoms with Crippen LogP contribution >= 0.6 is 0 Å². The molecule has 1 aromatic carbocycles. The topological polar surface area (TPSA) is 70.7 Å². The lowest BCUT2D eigenvalue weighted by Gasteiger charge is -2.13. The summed E-state index contributed by atoms with van der Waals surface area (Å²) in [5.41, 5.74) is 4.92. The lowest BCUT2D eigenvalue weighted by Crippen LogP contribution is -2.27. The summed E-state index contributed by atoms with van der Waals surface area (Å²) in [6.07, 6.45) is 3.42. The fraction of sp³-hybridized carbons (Fsp3) is 0.208. The number of nitrogens with one attached hydrogen (secondary N) is 1. The number of hydrogen-bond acceptors (Lipinski definition) is 3. The van der Waals surface area contributed by atoms with Crippen LogP contribution in [0.1, 0.15) is 41.0 Å². The number of pyridine rings is 1. The molecule has 0 radical (unpaired) electrons. The van der Waals surface area contributed by atoms with Crippen LogP contribution in [-0.4, -0.2) is 15.5 Å². The molecule has 29 heavy (non-hydrogen) atoms. The Morgan fingerprint density at radius 1 is 1.17 bits per heavy atom. The fourth-order valence-corrected chi connectivity index (χ4v) is 3.33. The molecule has 0 aliphatic heterocycles. The quantitative estimate of drug-likeness (QED) is 0.517. The molecule has 1 N–H and O–H groups in total. The van der Waals surface area contributed by atoms with Crippen LogP contribution < -0.4 is 5.32 Å². The number of nitrogens with zero attached hydrogens (tertiary/aromatic N) is 3. The Balaban J connectivity index is 1.89. The summed E-state index contributed by atoms with van der Waals surface area (Å²) in [5, 5.41) is 12.5. The van der Waals surface area contributed by atoms with Gasteiger partial charge in [-0.1, -0.05) is 30.3 Å². The first kappa shape index (κ1) is 20.1. The van der Waals surface area contributed by atoms with E-state index in [0.29, 0.717) is 0 Å². The maximum Gasteiger partial charge on any atom is 0.262 e. The average Bonchev–Trinajstić information content (AvgIpc) is 2.99. The zero-order chi connectivity index (χ0) is 21.0. The number of carbonyl (C=O) groups excluding carboxylic acids is 1. The molecule has 3 rings (SSSR count). The second kappa shape index (κ2) is 8.57. The average molecular weight is 384 g/mol. The first-order valence-corrected chi connectivity index (χ1v) is 9.50. The summed E-state index contributed by atoms with van der Waals surface area (Å²) >= 11 is 0. The summed E-state index contributed by atoms with van der Waals surface area (Å²) in [6.45, 7) is 7.87. The maximum absolute atomic E-state index is 12.7. The Labute approximate surface area is 171 Å². The smallest absolute Gasteiger partial charge is 0.262 e. The van der Waals surface area contributed by atoms with Gasteiger partial charge in [0.1, 0.15) is 17.5 Å². The van der Waals surface area contributed by atoms with E-state index in [4.69, 9.17) is 0 Å². The molecule has 0 fully saturated rings. The monoisotopic (exact) mass is 384 g/mol. The molecule has 2 heterocycles. The van der Waals surface area contributed by atoms with Crippen molar-refractivity contribution in [3.8, 4) is 11.9 Å². The zero-order valence-electron chi connectivity index (χ0n) is 17.1. The minimum absolute atomic E-state index is 0.0743. The lowest BCUT2D eigenvalue weighted by atomic mass is 10.1. The van der Waals surface area contributed by atoms with Crippen molar-refractivity contribution >= 4 is 12.0 Å². The van der Waals surface area contributed by atoms with Gasteiger partial charge in [-0.25, -0.2) is 4.98 Å². The van der Waals surface area contributed by atoms with Crippen molar-refractivity contribution in [3.05, 3.63) is 88.4 Å². The van der Waals surface area contributed by atoms with Crippen LogP contribution in [0.25, 0.3) is 11.9 Å². The number of nitriles is 1. The van der Waals surface area contributed by atoms with Gasteiger partial charge < -0.3 is 9.88 Å². The molecule has 0 aliphatic carbocycles. The van der Waals surface area contributed by atoms with Crippen molar-refractivity contribution in [1.82, 2.24) is 14.9 Å². The molecule has 1 atom stereocenters. The van der Waals surface area contributed by atoms with E-state index in [9.17, 15) is 10.1 Å². The Morgan fingerprint density at radius 2 is 1.90 bits per heavy atom. The third-order valence-electron chi connectivity index (χ3n) is 4.91. The third-order valence-corrected chi connectivity index (χ3v) is 4.91. The van der Waals surface area contributed by atoms with Crippen LogP contribution in [0.2, 0.25) is 0 Å². The van der Waals surface area contributed by atoms with Crippen molar-refractivity contribution in [2.75, 3.05) is 0 Å². The summed E-state index contributed by atoms with van der Waals surface area (Å²) < 4.78 is 2.03. The van der Waals surface area contributed by atoms with Crippen molar-refractivity contribution < 1.29 is 4.79 Å². The van der Waals surface area contributed by atoms with Gasteiger partial charge in [0.2, 0.25) is 0 Å². The third kappa shape index (κ3) is 4.44. The SMILES string of the molecule is Cc1ccnc(-n2c(C)cc(/C=C(/C#N)C(=O)N[C@H](C)c3ccccc3)c2C)c1. The molecular formula is C24H24N4O. The first-order chi connectivity index (χ1) is 13.9. The molecule has 5 heteroatoms. The summed E-state index contributed by atoms with van der Waals surface area (Å²) in [4.78, 5) is 17.1. The van der Waals surface area contributed by atoms with Crippen LogP contribution in [0.4, 0.5) is 0 Å². The number of hydrogen-bond donors (Lipinski definition) is 1. The Bertz CT molecular complexity index is 1100. The first-order valence-electron chi connectivity index (χ1n) is 9.50. The highest BCUT2D eigenvalue weighted by atomic mass is 16.1. The van der Waals surface area contributed by atoms with E-state index in [1.165, 1.54) is 0 Å². The van der Waals surface area contributed by atoms with Crippen LogP contribution in [0, 0.1) is 32.1 Å². The van der Waals surface area contributed by atoms with Gasteiger partial charge in [0.25, 0.3) is 5.91 Å². The fourth-order valence-electron chi connectivity index (χ4n) is 3.33. The number of aryl methyl sites for hydroxylation is 2. The molecule has 0 spiro atoms. The van der Waals surface area contributed by atoms with E-state index in [0.717, 1.165) is 33.9 Å². The van der Waals surface area contributed by atoms with Crippen molar-refractivity contribution in [1.29, 1.82) is 5.26 Å². The van der Waals surface area contributed by atoms with Gasteiger partial charge in [0.05, 0.1) is 6.04 Å². The van der Waals surface area contributed by atoms with Crippen molar-refractivity contribution in [2.24, 2.45) is 0 Å². The highest BCUT2D eigenvalue weighted by molar-refractivity contribution is 6.02. The molecule has 0 unspecified atom stereocenters. The lowest BCUT2D eigenvalue weighted by molar-refractivity contribution is -0.117. The molecule has 5 nitrogen and oxygen atoms in total. The van der Waals surface area contributed by atoms with Gasteiger partial charge in [-0.3, -0.25) is 4.79 Å². The molecule has 0 saturated carbocycles.